The first-order valence-electron chi connectivity index (χ1n) is 10.8. The summed E-state index contributed by atoms with van der Waals surface area (Å²) < 4.78 is 43.6. The Bertz CT molecular complexity index is 1010. The van der Waals surface area contributed by atoms with Gasteiger partial charge in [0.25, 0.3) is 5.91 Å². The van der Waals surface area contributed by atoms with Gasteiger partial charge in [0.1, 0.15) is 18.1 Å². The summed E-state index contributed by atoms with van der Waals surface area (Å²) in [6.45, 7) is 2.48. The van der Waals surface area contributed by atoms with Crippen LogP contribution in [0, 0.1) is 0 Å². The predicted molar refractivity (Wildman–Crippen MR) is 119 cm³/mol. The Morgan fingerprint density at radius 1 is 1.00 bits per heavy atom. The van der Waals surface area contributed by atoms with E-state index >= 15 is 0 Å². The van der Waals surface area contributed by atoms with Gasteiger partial charge in [0.15, 0.2) is 0 Å². The SMILES string of the molecule is COc1ccc(S(=O)(=O)N2CCN(C(=O)c3ccc(OCC4CCCO4)cc3)CC2)cc1. The summed E-state index contributed by atoms with van der Waals surface area (Å²) >= 11 is 0. The molecule has 1 atom stereocenters. The van der Waals surface area contributed by atoms with Crippen LogP contribution in [0.2, 0.25) is 0 Å². The van der Waals surface area contributed by atoms with E-state index in [-0.39, 0.29) is 30.0 Å². The van der Waals surface area contributed by atoms with Crippen molar-refractivity contribution in [3.63, 3.8) is 0 Å². The van der Waals surface area contributed by atoms with Crippen molar-refractivity contribution in [3.8, 4) is 11.5 Å². The molecule has 2 aromatic rings. The topological polar surface area (TPSA) is 85.4 Å². The van der Waals surface area contributed by atoms with E-state index in [0.717, 1.165) is 19.4 Å². The Hall–Kier alpha value is -2.62. The van der Waals surface area contributed by atoms with Crippen LogP contribution in [0.1, 0.15) is 23.2 Å². The van der Waals surface area contributed by atoms with Gasteiger partial charge in [0, 0.05) is 38.3 Å². The maximum Gasteiger partial charge on any atom is 0.253 e. The number of carbonyl (C=O) groups is 1. The van der Waals surface area contributed by atoms with Gasteiger partial charge in [0.05, 0.1) is 18.1 Å². The lowest BCUT2D eigenvalue weighted by Crippen LogP contribution is -2.50. The highest BCUT2D eigenvalue weighted by atomic mass is 32.2. The van der Waals surface area contributed by atoms with Gasteiger partial charge in [-0.15, -0.1) is 0 Å². The number of ether oxygens (including phenoxy) is 3. The first kappa shape index (κ1) is 22.6. The van der Waals surface area contributed by atoms with E-state index in [4.69, 9.17) is 14.2 Å². The fraction of sp³-hybridized carbons (Fsp3) is 0.435. The number of methoxy groups -OCH3 is 1. The molecule has 2 aliphatic heterocycles. The molecule has 9 heteroatoms. The number of piperazine rings is 1. The molecular weight excluding hydrogens is 432 g/mol. The summed E-state index contributed by atoms with van der Waals surface area (Å²) in [6.07, 6.45) is 2.22. The van der Waals surface area contributed by atoms with Crippen molar-refractivity contribution < 1.29 is 27.4 Å². The molecule has 4 rings (SSSR count). The van der Waals surface area contributed by atoms with E-state index in [0.29, 0.717) is 36.8 Å². The van der Waals surface area contributed by atoms with E-state index in [9.17, 15) is 13.2 Å². The third-order valence-corrected chi connectivity index (χ3v) is 7.70. The number of sulfonamides is 1. The van der Waals surface area contributed by atoms with Crippen LogP contribution < -0.4 is 9.47 Å². The van der Waals surface area contributed by atoms with Crippen LogP contribution in [-0.4, -0.2) is 76.1 Å². The Morgan fingerprint density at radius 3 is 2.25 bits per heavy atom. The Morgan fingerprint density at radius 2 is 1.66 bits per heavy atom. The summed E-state index contributed by atoms with van der Waals surface area (Å²) in [5, 5.41) is 0. The summed E-state index contributed by atoms with van der Waals surface area (Å²) in [4.78, 5) is 14.8. The number of carbonyl (C=O) groups excluding carboxylic acids is 1. The molecule has 8 nitrogen and oxygen atoms in total. The van der Waals surface area contributed by atoms with Gasteiger partial charge in [-0.3, -0.25) is 4.79 Å². The molecule has 0 N–H and O–H groups in total. The fourth-order valence-electron chi connectivity index (χ4n) is 3.87. The van der Waals surface area contributed by atoms with Crippen LogP contribution in [0.15, 0.2) is 53.4 Å². The van der Waals surface area contributed by atoms with E-state index in [1.807, 2.05) is 0 Å². The summed E-state index contributed by atoms with van der Waals surface area (Å²) in [5.74, 6) is 1.19. The minimum absolute atomic E-state index is 0.114. The standard InChI is InChI=1S/C23H28N2O6S/c1-29-19-8-10-22(11-9-19)32(27,28)25-14-12-24(13-15-25)23(26)18-4-6-20(7-5-18)31-17-21-3-2-16-30-21/h4-11,21H,2-3,12-17H2,1H3. The zero-order chi connectivity index (χ0) is 22.6. The highest BCUT2D eigenvalue weighted by Gasteiger charge is 2.30. The van der Waals surface area contributed by atoms with Crippen molar-refractivity contribution in [2.24, 2.45) is 0 Å². The van der Waals surface area contributed by atoms with E-state index < -0.39 is 10.0 Å². The maximum absolute atomic E-state index is 12.9. The molecule has 0 spiro atoms. The first-order chi connectivity index (χ1) is 15.5. The van der Waals surface area contributed by atoms with Gasteiger partial charge in [-0.2, -0.15) is 4.31 Å². The first-order valence-corrected chi connectivity index (χ1v) is 12.2. The average Bonchev–Trinajstić information content (AvgIpc) is 3.36. The van der Waals surface area contributed by atoms with Crippen molar-refractivity contribution in [1.29, 1.82) is 0 Å². The van der Waals surface area contributed by atoms with Gasteiger partial charge in [-0.1, -0.05) is 0 Å². The van der Waals surface area contributed by atoms with Crippen molar-refractivity contribution in [2.75, 3.05) is 46.5 Å². The second-order valence-corrected chi connectivity index (χ2v) is 9.78. The number of nitrogens with zero attached hydrogens (tertiary/aromatic N) is 2. The molecule has 0 radical (unpaired) electrons. The molecule has 0 saturated carbocycles. The van der Waals surface area contributed by atoms with E-state index in [1.165, 1.54) is 23.5 Å². The fourth-order valence-corrected chi connectivity index (χ4v) is 5.29. The molecule has 1 unspecified atom stereocenters. The Labute approximate surface area is 188 Å². The highest BCUT2D eigenvalue weighted by molar-refractivity contribution is 7.89. The highest BCUT2D eigenvalue weighted by Crippen LogP contribution is 2.22. The van der Waals surface area contributed by atoms with Crippen LogP contribution >= 0.6 is 0 Å². The summed E-state index contributed by atoms with van der Waals surface area (Å²) in [7, 11) is -2.07. The molecule has 1 amide bonds. The van der Waals surface area contributed by atoms with Crippen LogP contribution in [0.3, 0.4) is 0 Å². The zero-order valence-corrected chi connectivity index (χ0v) is 18.9. The van der Waals surface area contributed by atoms with E-state index in [2.05, 4.69) is 0 Å². The van der Waals surface area contributed by atoms with Gasteiger partial charge >= 0.3 is 0 Å². The third-order valence-electron chi connectivity index (χ3n) is 5.78. The predicted octanol–water partition coefficient (Wildman–Crippen LogP) is 2.40. The Kier molecular flexibility index (Phi) is 6.98. The third kappa shape index (κ3) is 5.06. The molecule has 32 heavy (non-hydrogen) atoms. The molecule has 2 saturated heterocycles. The van der Waals surface area contributed by atoms with E-state index in [1.54, 1.807) is 41.3 Å². The maximum atomic E-state index is 12.9. The quantitative estimate of drug-likeness (QED) is 0.631. The van der Waals surface area contributed by atoms with Crippen LogP contribution in [-0.2, 0) is 14.8 Å². The lowest BCUT2D eigenvalue weighted by Gasteiger charge is -2.34. The van der Waals surface area contributed by atoms with Crippen molar-refractivity contribution in [2.45, 2.75) is 23.8 Å². The van der Waals surface area contributed by atoms with Crippen molar-refractivity contribution in [3.05, 3.63) is 54.1 Å². The molecule has 0 aromatic heterocycles. The molecule has 0 aliphatic carbocycles. The van der Waals surface area contributed by atoms with Crippen molar-refractivity contribution >= 4 is 15.9 Å². The van der Waals surface area contributed by atoms with Gasteiger partial charge in [0.2, 0.25) is 10.0 Å². The smallest absolute Gasteiger partial charge is 0.253 e. The molecule has 172 valence electrons. The molecule has 2 fully saturated rings. The molecule has 0 bridgehead atoms. The monoisotopic (exact) mass is 460 g/mol. The minimum atomic E-state index is -3.61. The number of benzene rings is 2. The number of hydrogen-bond acceptors (Lipinski definition) is 6. The number of amides is 1. The van der Waals surface area contributed by atoms with Crippen LogP contribution in [0.25, 0.3) is 0 Å². The normalized spacial score (nSPS) is 19.7. The molecule has 2 heterocycles. The second kappa shape index (κ2) is 9.89. The molecule has 2 aromatic carbocycles. The second-order valence-electron chi connectivity index (χ2n) is 7.84. The summed E-state index contributed by atoms with van der Waals surface area (Å²) in [6, 6.07) is 13.4. The van der Waals surface area contributed by atoms with Crippen molar-refractivity contribution in [1.82, 2.24) is 9.21 Å². The number of rotatable bonds is 7. The van der Waals surface area contributed by atoms with Gasteiger partial charge in [-0.25, -0.2) is 8.42 Å². The van der Waals surface area contributed by atoms with Gasteiger partial charge < -0.3 is 19.1 Å². The Balaban J connectivity index is 1.31. The average molecular weight is 461 g/mol. The lowest BCUT2D eigenvalue weighted by molar-refractivity contribution is 0.0676. The van der Waals surface area contributed by atoms with Gasteiger partial charge in [-0.05, 0) is 61.4 Å². The molecule has 2 aliphatic rings. The molecular formula is C23H28N2O6S. The van der Waals surface area contributed by atoms with Crippen LogP contribution in [0.5, 0.6) is 11.5 Å². The summed E-state index contributed by atoms with van der Waals surface area (Å²) in [5.41, 5.74) is 0.556. The zero-order valence-electron chi connectivity index (χ0n) is 18.1. The number of hydrogen-bond donors (Lipinski definition) is 0. The minimum Gasteiger partial charge on any atom is -0.497 e. The van der Waals surface area contributed by atoms with Crippen LogP contribution in [0.4, 0.5) is 0 Å². The largest absolute Gasteiger partial charge is 0.497 e. The lowest BCUT2D eigenvalue weighted by atomic mass is 10.2.